The van der Waals surface area contributed by atoms with Gasteiger partial charge >= 0.3 is 0 Å². The Morgan fingerprint density at radius 1 is 0.308 bits per heavy atom. The molecule has 0 aliphatic carbocycles. The van der Waals surface area contributed by atoms with Crippen LogP contribution in [0.5, 0.6) is 0 Å². The van der Waals surface area contributed by atoms with E-state index < -0.39 is 0 Å². The molecule has 0 saturated heterocycles. The summed E-state index contributed by atoms with van der Waals surface area (Å²) in [4.78, 5) is 2.46. The molecule has 0 amide bonds. The van der Waals surface area contributed by atoms with Gasteiger partial charge in [-0.05, 0) is 68.7 Å². The standard InChI is InChI=1S/C50H33NO/c1-3-14-34(15-4-1)35-26-28-38(29-27-35)42-32-33-46(49-43-22-10-12-25-47(43)52-50(42)49)51(44-23-11-9-20-40(44)36-16-5-2-6-17-36)45-24-13-19-39-31-30-37-18-7-8-21-41(37)48(39)45/h1-33H. The molecule has 0 bridgehead atoms. The molecule has 2 heteroatoms. The van der Waals surface area contributed by atoms with Gasteiger partial charge in [0.2, 0.25) is 0 Å². The lowest BCUT2D eigenvalue weighted by molar-refractivity contribution is 0.670. The summed E-state index contributed by atoms with van der Waals surface area (Å²) in [5, 5.41) is 7.02. The van der Waals surface area contributed by atoms with Gasteiger partial charge in [0.25, 0.3) is 0 Å². The van der Waals surface area contributed by atoms with E-state index in [2.05, 4.69) is 205 Å². The van der Waals surface area contributed by atoms with Crippen LogP contribution in [0.25, 0.3) is 76.9 Å². The van der Waals surface area contributed by atoms with Crippen LogP contribution in [0.15, 0.2) is 205 Å². The average molecular weight is 664 g/mol. The van der Waals surface area contributed by atoms with Gasteiger partial charge in [-0.25, -0.2) is 0 Å². The second kappa shape index (κ2) is 12.5. The third kappa shape index (κ3) is 4.96. The highest BCUT2D eigenvalue weighted by molar-refractivity contribution is 6.21. The van der Waals surface area contributed by atoms with Crippen LogP contribution in [0.2, 0.25) is 0 Å². The van der Waals surface area contributed by atoms with E-state index in [9.17, 15) is 0 Å². The minimum Gasteiger partial charge on any atom is -0.455 e. The lowest BCUT2D eigenvalue weighted by Crippen LogP contribution is -2.12. The largest absolute Gasteiger partial charge is 0.455 e. The molecule has 0 saturated carbocycles. The number of nitrogens with zero attached hydrogens (tertiary/aromatic N) is 1. The predicted molar refractivity (Wildman–Crippen MR) is 220 cm³/mol. The molecule has 52 heavy (non-hydrogen) atoms. The molecular formula is C50H33NO. The molecule has 2 nitrogen and oxygen atoms in total. The van der Waals surface area contributed by atoms with Crippen LogP contribution in [-0.2, 0) is 0 Å². The van der Waals surface area contributed by atoms with E-state index in [1.54, 1.807) is 0 Å². The number of hydrogen-bond donors (Lipinski definition) is 0. The molecule has 244 valence electrons. The number of furan rings is 1. The fourth-order valence-corrected chi connectivity index (χ4v) is 7.84. The maximum Gasteiger partial charge on any atom is 0.145 e. The third-order valence-electron chi connectivity index (χ3n) is 10.3. The van der Waals surface area contributed by atoms with Crippen LogP contribution in [0.4, 0.5) is 17.1 Å². The van der Waals surface area contributed by atoms with Gasteiger partial charge in [-0.3, -0.25) is 0 Å². The second-order valence-corrected chi connectivity index (χ2v) is 13.3. The maximum atomic E-state index is 6.86. The highest BCUT2D eigenvalue weighted by Crippen LogP contribution is 2.50. The summed E-state index contributed by atoms with van der Waals surface area (Å²) in [7, 11) is 0. The van der Waals surface area contributed by atoms with Crippen LogP contribution in [0.3, 0.4) is 0 Å². The monoisotopic (exact) mass is 663 g/mol. The summed E-state index contributed by atoms with van der Waals surface area (Å²) >= 11 is 0. The first-order chi connectivity index (χ1) is 25.8. The highest BCUT2D eigenvalue weighted by atomic mass is 16.3. The number of benzene rings is 9. The Kier molecular flexibility index (Phi) is 7.18. The van der Waals surface area contributed by atoms with E-state index in [0.717, 1.165) is 61.3 Å². The number of rotatable bonds is 6. The van der Waals surface area contributed by atoms with Gasteiger partial charge < -0.3 is 9.32 Å². The van der Waals surface area contributed by atoms with Gasteiger partial charge in [-0.15, -0.1) is 0 Å². The topological polar surface area (TPSA) is 16.4 Å². The fraction of sp³-hybridized carbons (Fsp3) is 0. The fourth-order valence-electron chi connectivity index (χ4n) is 7.84. The number of fused-ring (bicyclic) bond motifs is 6. The average Bonchev–Trinajstić information content (AvgIpc) is 3.62. The van der Waals surface area contributed by atoms with Gasteiger partial charge in [0.1, 0.15) is 11.2 Å². The van der Waals surface area contributed by atoms with Crippen LogP contribution >= 0.6 is 0 Å². The van der Waals surface area contributed by atoms with Gasteiger partial charge in [0.05, 0.1) is 22.4 Å². The van der Waals surface area contributed by atoms with E-state index >= 15 is 0 Å². The first-order valence-corrected chi connectivity index (χ1v) is 17.8. The van der Waals surface area contributed by atoms with E-state index in [1.807, 2.05) is 0 Å². The molecular weight excluding hydrogens is 631 g/mol. The smallest absolute Gasteiger partial charge is 0.145 e. The zero-order valence-corrected chi connectivity index (χ0v) is 28.4. The zero-order chi connectivity index (χ0) is 34.4. The molecule has 10 aromatic rings. The molecule has 0 spiro atoms. The zero-order valence-electron chi connectivity index (χ0n) is 28.4. The van der Waals surface area contributed by atoms with Crippen molar-refractivity contribution < 1.29 is 4.42 Å². The number of hydrogen-bond acceptors (Lipinski definition) is 2. The van der Waals surface area contributed by atoms with Crippen molar-refractivity contribution in [2.45, 2.75) is 0 Å². The van der Waals surface area contributed by atoms with Crippen molar-refractivity contribution in [1.82, 2.24) is 0 Å². The first kappa shape index (κ1) is 30.0. The van der Waals surface area contributed by atoms with Crippen molar-refractivity contribution >= 4 is 60.5 Å². The predicted octanol–water partition coefficient (Wildman–Crippen LogP) is 14.4. The molecule has 0 unspecified atom stereocenters. The van der Waals surface area contributed by atoms with E-state index in [-0.39, 0.29) is 0 Å². The van der Waals surface area contributed by atoms with Crippen LogP contribution in [0, 0.1) is 0 Å². The summed E-state index contributed by atoms with van der Waals surface area (Å²) in [6.45, 7) is 0. The van der Waals surface area contributed by atoms with Crippen molar-refractivity contribution in [2.75, 3.05) is 4.90 Å². The van der Waals surface area contributed by atoms with Crippen molar-refractivity contribution in [3.8, 4) is 33.4 Å². The second-order valence-electron chi connectivity index (χ2n) is 13.3. The minimum absolute atomic E-state index is 0.867. The molecule has 0 fully saturated rings. The van der Waals surface area contributed by atoms with Crippen molar-refractivity contribution in [3.63, 3.8) is 0 Å². The lowest BCUT2D eigenvalue weighted by Gasteiger charge is -2.30. The van der Waals surface area contributed by atoms with Crippen molar-refractivity contribution in [3.05, 3.63) is 200 Å². The lowest BCUT2D eigenvalue weighted by atomic mass is 9.95. The van der Waals surface area contributed by atoms with Crippen LogP contribution < -0.4 is 4.90 Å². The maximum absolute atomic E-state index is 6.86. The third-order valence-corrected chi connectivity index (χ3v) is 10.3. The normalized spacial score (nSPS) is 11.5. The summed E-state index contributed by atoms with van der Waals surface area (Å²) in [6, 6.07) is 71.6. The molecule has 1 aromatic heterocycles. The van der Waals surface area contributed by atoms with E-state index in [4.69, 9.17) is 4.42 Å². The Morgan fingerprint density at radius 3 is 1.69 bits per heavy atom. The first-order valence-electron chi connectivity index (χ1n) is 17.8. The summed E-state index contributed by atoms with van der Waals surface area (Å²) < 4.78 is 6.86. The SMILES string of the molecule is c1ccc(-c2ccc(-c3ccc(N(c4ccccc4-c4ccccc4)c4cccc5ccc6ccccc6c45)c4c3oc3ccccc34)cc2)cc1. The van der Waals surface area contributed by atoms with E-state index in [1.165, 1.54) is 32.7 Å². The molecule has 9 aromatic carbocycles. The highest BCUT2D eigenvalue weighted by Gasteiger charge is 2.25. The molecule has 0 N–H and O–H groups in total. The van der Waals surface area contributed by atoms with Crippen LogP contribution in [0.1, 0.15) is 0 Å². The van der Waals surface area contributed by atoms with Crippen molar-refractivity contribution in [1.29, 1.82) is 0 Å². The number of para-hydroxylation sites is 2. The minimum atomic E-state index is 0.867. The Morgan fingerprint density at radius 2 is 0.865 bits per heavy atom. The Bertz CT molecular complexity index is 2890. The van der Waals surface area contributed by atoms with Gasteiger partial charge in [0, 0.05) is 21.9 Å². The molecule has 1 heterocycles. The molecule has 0 atom stereocenters. The molecule has 0 aliphatic rings. The molecule has 10 rings (SSSR count). The Labute approximate surface area is 302 Å². The van der Waals surface area contributed by atoms with Crippen LogP contribution in [-0.4, -0.2) is 0 Å². The summed E-state index contributed by atoms with van der Waals surface area (Å²) in [5.74, 6) is 0. The molecule has 0 radical (unpaired) electrons. The molecule has 0 aliphatic heterocycles. The number of anilines is 3. The van der Waals surface area contributed by atoms with Crippen molar-refractivity contribution in [2.24, 2.45) is 0 Å². The Hall–Kier alpha value is -6.90. The van der Waals surface area contributed by atoms with E-state index in [0.29, 0.717) is 0 Å². The van der Waals surface area contributed by atoms with Gasteiger partial charge in [-0.1, -0.05) is 170 Å². The quantitative estimate of drug-likeness (QED) is 0.165. The van der Waals surface area contributed by atoms with Gasteiger partial charge in [-0.2, -0.15) is 0 Å². The summed E-state index contributed by atoms with van der Waals surface area (Å²) in [6.07, 6.45) is 0. The summed E-state index contributed by atoms with van der Waals surface area (Å²) in [5.41, 5.74) is 11.9. The Balaban J connectivity index is 1.28. The van der Waals surface area contributed by atoms with Gasteiger partial charge in [0.15, 0.2) is 0 Å².